The van der Waals surface area contributed by atoms with E-state index < -0.39 is 10.0 Å². The Hall–Kier alpha value is -1.16. The Labute approximate surface area is 172 Å². The van der Waals surface area contributed by atoms with E-state index in [1.807, 2.05) is 6.07 Å². The first kappa shape index (κ1) is 21.5. The Morgan fingerprint density at radius 3 is 2.71 bits per heavy atom. The van der Waals surface area contributed by atoms with Crippen molar-refractivity contribution in [3.63, 3.8) is 0 Å². The van der Waals surface area contributed by atoms with E-state index in [9.17, 15) is 8.42 Å². The van der Waals surface area contributed by atoms with Gasteiger partial charge in [-0.15, -0.1) is 11.3 Å². The predicted molar refractivity (Wildman–Crippen MR) is 113 cm³/mol. The van der Waals surface area contributed by atoms with Crippen LogP contribution in [0.5, 0.6) is 0 Å². The van der Waals surface area contributed by atoms with Crippen LogP contribution < -0.4 is 10.6 Å². The van der Waals surface area contributed by atoms with Crippen LogP contribution in [0.3, 0.4) is 0 Å². The minimum atomic E-state index is -3.41. The zero-order valence-corrected chi connectivity index (χ0v) is 18.3. The third-order valence-electron chi connectivity index (χ3n) is 5.41. The van der Waals surface area contributed by atoms with Crippen LogP contribution in [0.25, 0.3) is 0 Å². The standard InChI is InChI=1S/C19H32N4O3S2/c1-20-19(21-10-4-7-16-5-2-3-6-16)22-15-17-8-9-18(27-17)28(24,25)23-11-13-26-14-12-23/h8-9,16H,2-7,10-15H2,1H3,(H2,20,21,22). The molecule has 1 aromatic heterocycles. The molecule has 2 heterocycles. The van der Waals surface area contributed by atoms with E-state index in [-0.39, 0.29) is 0 Å². The number of morpholine rings is 1. The van der Waals surface area contributed by atoms with E-state index >= 15 is 0 Å². The second-order valence-electron chi connectivity index (χ2n) is 7.38. The minimum absolute atomic E-state index is 0.394. The van der Waals surface area contributed by atoms with Crippen LogP contribution >= 0.6 is 11.3 Å². The monoisotopic (exact) mass is 428 g/mol. The van der Waals surface area contributed by atoms with Crippen LogP contribution in [0.4, 0.5) is 0 Å². The number of ether oxygens (including phenoxy) is 1. The molecule has 1 aliphatic heterocycles. The lowest BCUT2D eigenvalue weighted by Crippen LogP contribution is -2.40. The average Bonchev–Trinajstić information content (AvgIpc) is 3.40. The highest BCUT2D eigenvalue weighted by Crippen LogP contribution is 2.28. The molecule has 0 atom stereocenters. The Morgan fingerprint density at radius 1 is 1.25 bits per heavy atom. The topological polar surface area (TPSA) is 83.0 Å². The number of thiophene rings is 1. The Balaban J connectivity index is 1.43. The van der Waals surface area contributed by atoms with Crippen molar-refractivity contribution in [2.45, 2.75) is 49.3 Å². The average molecular weight is 429 g/mol. The second-order valence-corrected chi connectivity index (χ2v) is 10.7. The molecule has 0 spiro atoms. The van der Waals surface area contributed by atoms with Crippen molar-refractivity contribution >= 4 is 27.3 Å². The Bertz CT molecular complexity index is 736. The number of guanidine groups is 1. The van der Waals surface area contributed by atoms with Crippen LogP contribution in [0.15, 0.2) is 21.3 Å². The SMILES string of the molecule is CN=C(NCCCC1CCCC1)NCc1ccc(S(=O)(=O)N2CCOCC2)s1. The van der Waals surface area contributed by atoms with Crippen molar-refractivity contribution in [1.82, 2.24) is 14.9 Å². The normalized spacial score (nSPS) is 19.8. The molecule has 0 unspecified atom stereocenters. The van der Waals surface area contributed by atoms with E-state index in [1.165, 1.54) is 47.7 Å². The molecule has 0 aromatic carbocycles. The van der Waals surface area contributed by atoms with Crippen molar-refractivity contribution < 1.29 is 13.2 Å². The molecular formula is C19H32N4O3S2. The molecule has 0 amide bonds. The van der Waals surface area contributed by atoms with Crippen LogP contribution in [0, 0.1) is 5.92 Å². The maximum Gasteiger partial charge on any atom is 0.252 e. The summed E-state index contributed by atoms with van der Waals surface area (Å²) in [4.78, 5) is 5.23. The van der Waals surface area contributed by atoms with Crippen molar-refractivity contribution in [3.8, 4) is 0 Å². The number of nitrogens with one attached hydrogen (secondary N) is 2. The van der Waals surface area contributed by atoms with Gasteiger partial charge in [-0.25, -0.2) is 8.42 Å². The van der Waals surface area contributed by atoms with Gasteiger partial charge in [0.15, 0.2) is 5.96 Å². The molecule has 1 saturated carbocycles. The molecule has 158 valence electrons. The lowest BCUT2D eigenvalue weighted by Gasteiger charge is -2.25. The largest absolute Gasteiger partial charge is 0.379 e. The van der Waals surface area contributed by atoms with Gasteiger partial charge in [0.2, 0.25) is 0 Å². The van der Waals surface area contributed by atoms with Crippen molar-refractivity contribution in [3.05, 3.63) is 17.0 Å². The predicted octanol–water partition coefficient (Wildman–Crippen LogP) is 2.40. The number of sulfonamides is 1. The van der Waals surface area contributed by atoms with Crippen molar-refractivity contribution in [2.24, 2.45) is 10.9 Å². The summed E-state index contributed by atoms with van der Waals surface area (Å²) in [5.41, 5.74) is 0. The highest BCUT2D eigenvalue weighted by atomic mass is 32.2. The Morgan fingerprint density at radius 2 is 2.00 bits per heavy atom. The molecule has 7 nitrogen and oxygen atoms in total. The molecule has 2 fully saturated rings. The quantitative estimate of drug-likeness (QED) is 0.377. The summed E-state index contributed by atoms with van der Waals surface area (Å²) < 4.78 is 32.6. The fourth-order valence-corrected chi connectivity index (χ4v) is 6.65. The molecule has 28 heavy (non-hydrogen) atoms. The first-order valence-corrected chi connectivity index (χ1v) is 12.5. The fraction of sp³-hybridized carbons (Fsp3) is 0.737. The smallest absolute Gasteiger partial charge is 0.252 e. The summed E-state index contributed by atoms with van der Waals surface area (Å²) in [5, 5.41) is 6.63. The zero-order chi connectivity index (χ0) is 19.8. The summed E-state index contributed by atoms with van der Waals surface area (Å²) in [6.45, 7) is 3.24. The van der Waals surface area contributed by atoms with Gasteiger partial charge in [0.25, 0.3) is 10.0 Å². The minimum Gasteiger partial charge on any atom is -0.379 e. The van der Waals surface area contributed by atoms with Crippen LogP contribution in [0.2, 0.25) is 0 Å². The Kier molecular flexibility index (Phi) is 8.13. The van der Waals surface area contributed by atoms with Gasteiger partial charge in [-0.05, 0) is 30.9 Å². The molecule has 2 N–H and O–H groups in total. The van der Waals surface area contributed by atoms with E-state index in [0.717, 1.165) is 29.7 Å². The molecule has 0 bridgehead atoms. The summed E-state index contributed by atoms with van der Waals surface area (Å²) in [7, 11) is -1.65. The van der Waals surface area contributed by atoms with Crippen LogP contribution in [-0.2, 0) is 21.3 Å². The van der Waals surface area contributed by atoms with Gasteiger partial charge in [0.05, 0.1) is 19.8 Å². The second kappa shape index (κ2) is 10.6. The zero-order valence-electron chi connectivity index (χ0n) is 16.7. The first-order valence-electron chi connectivity index (χ1n) is 10.2. The molecule has 0 radical (unpaired) electrons. The first-order chi connectivity index (χ1) is 13.6. The van der Waals surface area contributed by atoms with Crippen molar-refractivity contribution in [2.75, 3.05) is 39.9 Å². The third kappa shape index (κ3) is 5.92. The maximum atomic E-state index is 12.7. The van der Waals surface area contributed by atoms with Gasteiger partial charge < -0.3 is 15.4 Å². The number of rotatable bonds is 8. The molecule has 1 aliphatic carbocycles. The van der Waals surface area contributed by atoms with Crippen LogP contribution in [0.1, 0.15) is 43.4 Å². The molecule has 2 aliphatic rings. The lowest BCUT2D eigenvalue weighted by molar-refractivity contribution is 0.0731. The van der Waals surface area contributed by atoms with Gasteiger partial charge in [0, 0.05) is 31.6 Å². The molecule has 1 saturated heterocycles. The highest BCUT2D eigenvalue weighted by Gasteiger charge is 2.27. The van der Waals surface area contributed by atoms with Gasteiger partial charge in [-0.1, -0.05) is 25.7 Å². The van der Waals surface area contributed by atoms with E-state index in [0.29, 0.717) is 37.1 Å². The highest BCUT2D eigenvalue weighted by molar-refractivity contribution is 7.91. The van der Waals surface area contributed by atoms with Gasteiger partial charge >= 0.3 is 0 Å². The van der Waals surface area contributed by atoms with E-state index in [4.69, 9.17) is 4.74 Å². The van der Waals surface area contributed by atoms with E-state index in [1.54, 1.807) is 13.1 Å². The number of hydrogen-bond donors (Lipinski definition) is 2. The number of hydrogen-bond acceptors (Lipinski definition) is 5. The van der Waals surface area contributed by atoms with Gasteiger partial charge in [0.1, 0.15) is 4.21 Å². The number of nitrogens with zero attached hydrogens (tertiary/aromatic N) is 2. The molecule has 3 rings (SSSR count). The summed E-state index contributed by atoms with van der Waals surface area (Å²) in [6.07, 6.45) is 8.02. The van der Waals surface area contributed by atoms with Crippen LogP contribution in [-0.4, -0.2) is 58.6 Å². The molecule has 9 heteroatoms. The lowest BCUT2D eigenvalue weighted by atomic mass is 10.0. The summed E-state index contributed by atoms with van der Waals surface area (Å²) in [5.74, 6) is 1.67. The third-order valence-corrected chi connectivity index (χ3v) is 8.86. The summed E-state index contributed by atoms with van der Waals surface area (Å²) >= 11 is 1.32. The maximum absolute atomic E-state index is 12.7. The summed E-state index contributed by atoms with van der Waals surface area (Å²) in [6, 6.07) is 3.57. The number of aliphatic imine (C=N–C) groups is 1. The van der Waals surface area contributed by atoms with Gasteiger partial charge in [-0.2, -0.15) is 4.31 Å². The fourth-order valence-electron chi connectivity index (χ4n) is 3.79. The van der Waals surface area contributed by atoms with Crippen molar-refractivity contribution in [1.29, 1.82) is 0 Å². The van der Waals surface area contributed by atoms with E-state index in [2.05, 4.69) is 15.6 Å². The molecule has 1 aromatic rings. The molecular weight excluding hydrogens is 396 g/mol. The van der Waals surface area contributed by atoms with Gasteiger partial charge in [-0.3, -0.25) is 4.99 Å².